The van der Waals surface area contributed by atoms with E-state index in [9.17, 15) is 9.90 Å². The fourth-order valence-electron chi connectivity index (χ4n) is 2.44. The Kier molecular flexibility index (Phi) is 4.00. The van der Waals surface area contributed by atoms with Gasteiger partial charge in [0.1, 0.15) is 11.5 Å². The maximum Gasteiger partial charge on any atom is 0.141 e. The number of carbonyl (C=O) groups excluding carboxylic acids is 1. The molecule has 0 aliphatic rings. The van der Waals surface area contributed by atoms with Crippen LogP contribution in [0, 0.1) is 0 Å². The quantitative estimate of drug-likeness (QED) is 0.903. The topological polar surface area (TPSA) is 37.3 Å². The van der Waals surface area contributed by atoms with Gasteiger partial charge >= 0.3 is 0 Å². The minimum atomic E-state index is -0.253. The molecule has 2 aromatic carbocycles. The second kappa shape index (κ2) is 5.70. The smallest absolute Gasteiger partial charge is 0.141 e. The van der Waals surface area contributed by atoms with Crippen molar-refractivity contribution in [2.24, 2.45) is 0 Å². The van der Waals surface area contributed by atoms with Crippen LogP contribution < -0.4 is 0 Å². The predicted molar refractivity (Wildman–Crippen MR) is 76.5 cm³/mol. The zero-order valence-corrected chi connectivity index (χ0v) is 11.3. The van der Waals surface area contributed by atoms with E-state index in [1.165, 1.54) is 5.56 Å². The third kappa shape index (κ3) is 2.84. The first kappa shape index (κ1) is 13.3. The maximum absolute atomic E-state index is 12.0. The van der Waals surface area contributed by atoms with Crippen molar-refractivity contribution in [3.05, 3.63) is 65.2 Å². The summed E-state index contributed by atoms with van der Waals surface area (Å²) < 4.78 is 0. The lowest BCUT2D eigenvalue weighted by atomic mass is 9.85. The standard InChI is InChI=1S/C17H18O2/c1-3-13-6-4-5-7-16(13)17(12(2)18)14-8-10-15(19)11-9-14/h4-11,17,19H,3H2,1-2H3. The van der Waals surface area contributed by atoms with Gasteiger partial charge in [0.25, 0.3) is 0 Å². The van der Waals surface area contributed by atoms with Crippen molar-refractivity contribution in [1.29, 1.82) is 0 Å². The van der Waals surface area contributed by atoms with Crippen molar-refractivity contribution < 1.29 is 9.90 Å². The lowest BCUT2D eigenvalue weighted by Crippen LogP contribution is -2.12. The van der Waals surface area contributed by atoms with Crippen molar-refractivity contribution in [3.63, 3.8) is 0 Å². The molecule has 1 N–H and O–H groups in total. The van der Waals surface area contributed by atoms with Crippen LogP contribution in [0.25, 0.3) is 0 Å². The molecule has 0 aliphatic heterocycles. The molecule has 2 nitrogen and oxygen atoms in total. The van der Waals surface area contributed by atoms with Crippen LogP contribution in [0.15, 0.2) is 48.5 Å². The Hall–Kier alpha value is -2.09. The molecule has 1 atom stereocenters. The van der Waals surface area contributed by atoms with Crippen LogP contribution >= 0.6 is 0 Å². The Morgan fingerprint density at radius 1 is 1.11 bits per heavy atom. The van der Waals surface area contributed by atoms with E-state index in [0.717, 1.165) is 17.5 Å². The number of Topliss-reactive ketones (excluding diaryl/α,β-unsaturated/α-hetero) is 1. The maximum atomic E-state index is 12.0. The van der Waals surface area contributed by atoms with Gasteiger partial charge in [-0.05, 0) is 42.2 Å². The molecule has 0 radical (unpaired) electrons. The number of hydrogen-bond acceptors (Lipinski definition) is 2. The van der Waals surface area contributed by atoms with E-state index in [4.69, 9.17) is 0 Å². The van der Waals surface area contributed by atoms with Gasteiger partial charge in [0.2, 0.25) is 0 Å². The largest absolute Gasteiger partial charge is 0.508 e. The van der Waals surface area contributed by atoms with Crippen molar-refractivity contribution >= 4 is 5.78 Å². The molecule has 19 heavy (non-hydrogen) atoms. The Morgan fingerprint density at radius 3 is 2.32 bits per heavy atom. The van der Waals surface area contributed by atoms with E-state index >= 15 is 0 Å². The van der Waals surface area contributed by atoms with Crippen molar-refractivity contribution in [2.45, 2.75) is 26.2 Å². The first-order chi connectivity index (χ1) is 9.13. The van der Waals surface area contributed by atoms with Gasteiger partial charge in [-0.3, -0.25) is 4.79 Å². The Bertz CT molecular complexity index is 570. The molecule has 0 spiro atoms. The van der Waals surface area contributed by atoms with Crippen LogP contribution in [-0.2, 0) is 11.2 Å². The average Bonchev–Trinajstić information content (AvgIpc) is 2.41. The number of ketones is 1. The van der Waals surface area contributed by atoms with Gasteiger partial charge in [-0.1, -0.05) is 43.3 Å². The first-order valence-corrected chi connectivity index (χ1v) is 6.50. The monoisotopic (exact) mass is 254 g/mol. The van der Waals surface area contributed by atoms with Crippen LogP contribution in [0.2, 0.25) is 0 Å². The highest BCUT2D eigenvalue weighted by Crippen LogP contribution is 2.29. The Morgan fingerprint density at radius 2 is 1.74 bits per heavy atom. The molecule has 0 fully saturated rings. The van der Waals surface area contributed by atoms with Crippen molar-refractivity contribution in [2.75, 3.05) is 0 Å². The number of hydrogen-bond donors (Lipinski definition) is 1. The highest BCUT2D eigenvalue weighted by molar-refractivity contribution is 5.87. The molecule has 98 valence electrons. The summed E-state index contributed by atoms with van der Waals surface area (Å²) in [6.07, 6.45) is 0.901. The summed E-state index contributed by atoms with van der Waals surface area (Å²) in [4.78, 5) is 12.0. The number of phenols is 1. The fourth-order valence-corrected chi connectivity index (χ4v) is 2.44. The third-order valence-corrected chi connectivity index (χ3v) is 3.38. The molecular formula is C17H18O2. The van der Waals surface area contributed by atoms with Gasteiger partial charge in [0, 0.05) is 0 Å². The molecule has 0 bridgehead atoms. The Labute approximate surface area is 113 Å². The summed E-state index contributed by atoms with van der Waals surface area (Å²) in [7, 11) is 0. The van der Waals surface area contributed by atoms with E-state index in [1.54, 1.807) is 19.1 Å². The van der Waals surface area contributed by atoms with Crippen LogP contribution in [-0.4, -0.2) is 10.9 Å². The van der Waals surface area contributed by atoms with Crippen LogP contribution in [0.4, 0.5) is 0 Å². The predicted octanol–water partition coefficient (Wildman–Crippen LogP) is 3.68. The number of carbonyl (C=O) groups is 1. The summed E-state index contributed by atoms with van der Waals surface area (Å²) in [5.74, 6) is 0.0816. The first-order valence-electron chi connectivity index (χ1n) is 6.50. The lowest BCUT2D eigenvalue weighted by Gasteiger charge is -2.18. The molecule has 0 saturated carbocycles. The van der Waals surface area contributed by atoms with Gasteiger partial charge in [0.15, 0.2) is 0 Å². The third-order valence-electron chi connectivity index (χ3n) is 3.38. The molecule has 0 saturated heterocycles. The zero-order chi connectivity index (χ0) is 13.8. The van der Waals surface area contributed by atoms with Crippen molar-refractivity contribution in [3.8, 4) is 5.75 Å². The highest BCUT2D eigenvalue weighted by atomic mass is 16.3. The van der Waals surface area contributed by atoms with E-state index < -0.39 is 0 Å². The van der Waals surface area contributed by atoms with Crippen LogP contribution in [0.3, 0.4) is 0 Å². The van der Waals surface area contributed by atoms with Gasteiger partial charge in [-0.15, -0.1) is 0 Å². The summed E-state index contributed by atoms with van der Waals surface area (Å²) in [6, 6.07) is 14.9. The molecule has 2 rings (SSSR count). The number of phenolic OH excluding ortho intramolecular Hbond substituents is 1. The summed E-state index contributed by atoms with van der Waals surface area (Å²) in [6.45, 7) is 3.71. The summed E-state index contributed by atoms with van der Waals surface area (Å²) >= 11 is 0. The Balaban J connectivity index is 2.51. The van der Waals surface area contributed by atoms with Gasteiger partial charge in [-0.2, -0.15) is 0 Å². The second-order valence-corrected chi connectivity index (χ2v) is 4.69. The minimum absolute atomic E-state index is 0.117. The van der Waals surface area contributed by atoms with Crippen molar-refractivity contribution in [1.82, 2.24) is 0 Å². The summed E-state index contributed by atoms with van der Waals surface area (Å²) in [5.41, 5.74) is 3.17. The van der Waals surface area contributed by atoms with Gasteiger partial charge in [-0.25, -0.2) is 0 Å². The van der Waals surface area contributed by atoms with Crippen LogP contribution in [0.5, 0.6) is 5.75 Å². The van der Waals surface area contributed by atoms with Gasteiger partial charge in [0.05, 0.1) is 5.92 Å². The van der Waals surface area contributed by atoms with E-state index in [1.807, 2.05) is 30.3 Å². The zero-order valence-electron chi connectivity index (χ0n) is 11.3. The normalized spacial score (nSPS) is 12.1. The second-order valence-electron chi connectivity index (χ2n) is 4.69. The molecule has 0 aliphatic carbocycles. The number of aryl methyl sites for hydroxylation is 1. The molecule has 2 heteroatoms. The minimum Gasteiger partial charge on any atom is -0.508 e. The molecular weight excluding hydrogens is 236 g/mol. The fraction of sp³-hybridized carbons (Fsp3) is 0.235. The van der Waals surface area contributed by atoms with Crippen LogP contribution in [0.1, 0.15) is 36.5 Å². The van der Waals surface area contributed by atoms with E-state index in [-0.39, 0.29) is 17.5 Å². The van der Waals surface area contributed by atoms with E-state index in [0.29, 0.717) is 0 Å². The molecule has 1 unspecified atom stereocenters. The summed E-state index contributed by atoms with van der Waals surface area (Å²) in [5, 5.41) is 9.36. The molecule has 2 aromatic rings. The van der Waals surface area contributed by atoms with Gasteiger partial charge < -0.3 is 5.11 Å². The number of aromatic hydroxyl groups is 1. The SMILES string of the molecule is CCc1ccccc1C(C(C)=O)c1ccc(O)cc1. The molecule has 0 aromatic heterocycles. The average molecular weight is 254 g/mol. The highest BCUT2D eigenvalue weighted by Gasteiger charge is 2.21. The number of rotatable bonds is 4. The lowest BCUT2D eigenvalue weighted by molar-refractivity contribution is -0.117. The van der Waals surface area contributed by atoms with E-state index in [2.05, 4.69) is 13.0 Å². The number of benzene rings is 2. The molecule has 0 heterocycles. The molecule has 0 amide bonds.